The van der Waals surface area contributed by atoms with Gasteiger partial charge >= 0.3 is 0 Å². The first-order valence-electron chi connectivity index (χ1n) is 9.10. The van der Waals surface area contributed by atoms with Crippen molar-refractivity contribution < 1.29 is 4.79 Å². The Morgan fingerprint density at radius 2 is 1.48 bits per heavy atom. The van der Waals surface area contributed by atoms with E-state index >= 15 is 0 Å². The van der Waals surface area contributed by atoms with Crippen LogP contribution in [0.3, 0.4) is 0 Å². The second kappa shape index (κ2) is 7.04. The molecule has 0 N–H and O–H groups in total. The summed E-state index contributed by atoms with van der Waals surface area (Å²) < 4.78 is 0. The van der Waals surface area contributed by atoms with E-state index in [1.165, 1.54) is 5.01 Å². The van der Waals surface area contributed by atoms with Crippen LogP contribution in [0.4, 0.5) is 5.69 Å². The van der Waals surface area contributed by atoms with Crippen LogP contribution in [0.15, 0.2) is 101 Å². The molecular formula is C23H15ClN4O. The highest BCUT2D eigenvalue weighted by molar-refractivity contribution is 6.34. The molecule has 0 unspecified atom stereocenters. The highest BCUT2D eigenvalue weighted by Gasteiger charge is 2.42. The Balaban J connectivity index is 1.61. The maximum Gasteiger partial charge on any atom is 0.300 e. The van der Waals surface area contributed by atoms with Gasteiger partial charge in [0.05, 0.1) is 5.69 Å². The van der Waals surface area contributed by atoms with Crippen molar-refractivity contribution >= 4 is 41.1 Å². The summed E-state index contributed by atoms with van der Waals surface area (Å²) in [7, 11) is 0. The van der Waals surface area contributed by atoms with Crippen molar-refractivity contribution in [2.24, 2.45) is 10.1 Å². The van der Waals surface area contributed by atoms with Crippen molar-refractivity contribution in [1.29, 1.82) is 0 Å². The second-order valence-corrected chi connectivity index (χ2v) is 7.01. The zero-order chi connectivity index (χ0) is 19.8. The summed E-state index contributed by atoms with van der Waals surface area (Å²) in [5.74, 6) is 0.839. The van der Waals surface area contributed by atoms with Crippen molar-refractivity contribution in [3.8, 4) is 0 Å². The number of anilines is 1. The summed E-state index contributed by atoms with van der Waals surface area (Å²) in [6.07, 6.45) is 1.77. The van der Waals surface area contributed by atoms with Crippen molar-refractivity contribution in [2.45, 2.75) is 0 Å². The van der Waals surface area contributed by atoms with Crippen LogP contribution >= 0.6 is 11.6 Å². The lowest BCUT2D eigenvalue weighted by atomic mass is 10.2. The second-order valence-electron chi connectivity index (χ2n) is 6.57. The topological polar surface area (TPSA) is 48.3 Å². The summed E-state index contributed by atoms with van der Waals surface area (Å²) in [5, 5.41) is 6.58. The van der Waals surface area contributed by atoms with Gasteiger partial charge in [0.1, 0.15) is 5.70 Å². The molecule has 0 fully saturated rings. The van der Waals surface area contributed by atoms with Gasteiger partial charge in [-0.25, -0.2) is 4.99 Å². The van der Waals surface area contributed by atoms with Crippen molar-refractivity contribution in [2.75, 3.05) is 4.90 Å². The molecule has 3 aromatic rings. The number of rotatable bonds is 3. The van der Waals surface area contributed by atoms with Crippen molar-refractivity contribution in [3.05, 3.63) is 107 Å². The normalized spacial score (nSPS) is 16.9. The highest BCUT2D eigenvalue weighted by Crippen LogP contribution is 2.31. The third-order valence-electron chi connectivity index (χ3n) is 4.65. The summed E-state index contributed by atoms with van der Waals surface area (Å²) in [4.78, 5) is 19.5. The molecule has 5 rings (SSSR count). The number of hydrogen-bond acceptors (Lipinski definition) is 4. The first kappa shape index (κ1) is 17.4. The molecule has 0 radical (unpaired) electrons. The molecule has 29 heavy (non-hydrogen) atoms. The van der Waals surface area contributed by atoms with E-state index in [-0.39, 0.29) is 5.91 Å². The first-order chi connectivity index (χ1) is 14.2. The minimum atomic E-state index is -0.256. The van der Waals surface area contributed by atoms with Gasteiger partial charge in [0.2, 0.25) is 5.96 Å². The molecule has 2 heterocycles. The van der Waals surface area contributed by atoms with E-state index in [0.717, 1.165) is 16.8 Å². The van der Waals surface area contributed by atoms with Crippen LogP contribution in [0.5, 0.6) is 0 Å². The number of hydrazone groups is 1. The van der Waals surface area contributed by atoms with E-state index in [9.17, 15) is 4.79 Å². The van der Waals surface area contributed by atoms with Crippen LogP contribution in [-0.4, -0.2) is 22.7 Å². The fraction of sp³-hybridized carbons (Fsp3) is 0. The number of amides is 1. The Morgan fingerprint density at radius 1 is 0.828 bits per heavy atom. The SMILES string of the molecule is O=C1/C(=C/c2ccccc2)N=C2N1N=C(c1ccccc1)N2c1ccc(Cl)cc1. The summed E-state index contributed by atoms with van der Waals surface area (Å²) in [6.45, 7) is 0. The quantitative estimate of drug-likeness (QED) is 0.597. The van der Waals surface area contributed by atoms with Crippen molar-refractivity contribution in [1.82, 2.24) is 5.01 Å². The fourth-order valence-electron chi connectivity index (χ4n) is 3.27. The molecule has 1 amide bonds. The predicted octanol–water partition coefficient (Wildman–Crippen LogP) is 4.76. The highest BCUT2D eigenvalue weighted by atomic mass is 35.5. The maximum absolute atomic E-state index is 13.0. The van der Waals surface area contributed by atoms with Crippen LogP contribution in [0.25, 0.3) is 6.08 Å². The minimum Gasteiger partial charge on any atom is -0.265 e. The Morgan fingerprint density at radius 3 is 2.17 bits per heavy atom. The first-order valence-corrected chi connectivity index (χ1v) is 9.48. The number of aliphatic imine (C=N–C) groups is 1. The number of carbonyl (C=O) groups is 1. The lowest BCUT2D eigenvalue weighted by molar-refractivity contribution is -0.122. The number of benzene rings is 3. The van der Waals surface area contributed by atoms with Crippen LogP contribution in [-0.2, 0) is 4.79 Å². The van der Waals surface area contributed by atoms with E-state index in [1.807, 2.05) is 77.7 Å². The van der Waals surface area contributed by atoms with Gasteiger partial charge in [-0.15, -0.1) is 5.10 Å². The number of guanidine groups is 1. The summed E-state index contributed by atoms with van der Waals surface area (Å²) in [5.41, 5.74) is 2.97. The third kappa shape index (κ3) is 3.11. The van der Waals surface area contributed by atoms with Gasteiger partial charge in [0, 0.05) is 10.6 Å². The molecule has 140 valence electrons. The van der Waals surface area contributed by atoms with Gasteiger partial charge in [-0.1, -0.05) is 72.3 Å². The van der Waals surface area contributed by atoms with Crippen LogP contribution in [0, 0.1) is 0 Å². The average Bonchev–Trinajstić information content (AvgIpc) is 3.27. The molecule has 2 aliphatic heterocycles. The molecule has 0 aliphatic carbocycles. The standard InChI is InChI=1S/C23H15ClN4O/c24-18-11-13-19(14-12-18)27-21(17-9-5-2-6-10-17)26-28-22(29)20(25-23(27)28)15-16-7-3-1-4-8-16/h1-15H/b20-15-. The Bertz CT molecular complexity index is 1170. The molecular weight excluding hydrogens is 384 g/mol. The van der Waals surface area contributed by atoms with Crippen molar-refractivity contribution in [3.63, 3.8) is 0 Å². The molecule has 0 aromatic heterocycles. The van der Waals surface area contributed by atoms with Gasteiger partial charge in [-0.05, 0) is 35.9 Å². The predicted molar refractivity (Wildman–Crippen MR) is 116 cm³/mol. The Kier molecular flexibility index (Phi) is 4.22. The minimum absolute atomic E-state index is 0.256. The molecule has 0 saturated carbocycles. The Hall–Kier alpha value is -3.70. The molecule has 6 heteroatoms. The zero-order valence-electron chi connectivity index (χ0n) is 15.2. The maximum atomic E-state index is 13.0. The van der Waals surface area contributed by atoms with E-state index in [1.54, 1.807) is 18.2 Å². The van der Waals surface area contributed by atoms with Gasteiger partial charge in [0.25, 0.3) is 5.91 Å². The van der Waals surface area contributed by atoms with Crippen LogP contribution in [0.2, 0.25) is 5.02 Å². The molecule has 2 aliphatic rings. The summed E-state index contributed by atoms with van der Waals surface area (Å²) in [6, 6.07) is 26.7. The number of carbonyl (C=O) groups excluding carboxylic acids is 1. The van der Waals surface area contributed by atoms with Crippen LogP contribution < -0.4 is 4.90 Å². The number of fused-ring (bicyclic) bond motifs is 1. The lowest BCUT2D eigenvalue weighted by Gasteiger charge is -2.19. The average molecular weight is 399 g/mol. The number of hydrogen-bond donors (Lipinski definition) is 0. The van der Waals surface area contributed by atoms with Crippen LogP contribution in [0.1, 0.15) is 11.1 Å². The molecule has 0 bridgehead atoms. The zero-order valence-corrected chi connectivity index (χ0v) is 16.0. The smallest absolute Gasteiger partial charge is 0.265 e. The lowest BCUT2D eigenvalue weighted by Crippen LogP contribution is -2.36. The monoisotopic (exact) mass is 398 g/mol. The molecule has 3 aromatic carbocycles. The number of amidine groups is 1. The molecule has 0 saturated heterocycles. The van der Waals surface area contributed by atoms with Gasteiger partial charge < -0.3 is 0 Å². The summed E-state index contributed by atoms with van der Waals surface area (Å²) >= 11 is 6.07. The van der Waals surface area contributed by atoms with Gasteiger partial charge in [-0.3, -0.25) is 9.69 Å². The number of halogens is 1. The fourth-order valence-corrected chi connectivity index (χ4v) is 3.40. The molecule has 0 spiro atoms. The van der Waals surface area contributed by atoms with E-state index in [2.05, 4.69) is 10.1 Å². The van der Waals surface area contributed by atoms with E-state index in [0.29, 0.717) is 22.5 Å². The molecule has 0 atom stereocenters. The van der Waals surface area contributed by atoms with E-state index in [4.69, 9.17) is 11.6 Å². The van der Waals surface area contributed by atoms with E-state index < -0.39 is 0 Å². The van der Waals surface area contributed by atoms with Gasteiger partial charge in [-0.2, -0.15) is 5.01 Å². The largest absolute Gasteiger partial charge is 0.300 e. The van der Waals surface area contributed by atoms with Gasteiger partial charge in [0.15, 0.2) is 5.84 Å². The molecule has 5 nitrogen and oxygen atoms in total. The Labute approximate surface area is 172 Å². The third-order valence-corrected chi connectivity index (χ3v) is 4.90. The number of nitrogens with zero attached hydrogens (tertiary/aromatic N) is 4.